The van der Waals surface area contributed by atoms with Gasteiger partial charge in [0, 0.05) is 24.3 Å². The first-order chi connectivity index (χ1) is 12.3. The van der Waals surface area contributed by atoms with Crippen molar-refractivity contribution < 1.29 is 17.6 Å². The van der Waals surface area contributed by atoms with E-state index in [-0.39, 0.29) is 16.8 Å². The molecule has 3 rings (SSSR count). The molecule has 1 fully saturated rings. The van der Waals surface area contributed by atoms with Crippen LogP contribution < -0.4 is 4.72 Å². The molecule has 2 aromatic rings. The number of carbonyl (C=O) groups is 1. The Morgan fingerprint density at radius 2 is 1.69 bits per heavy atom. The summed E-state index contributed by atoms with van der Waals surface area (Å²) in [5, 5.41) is 0. The summed E-state index contributed by atoms with van der Waals surface area (Å²) in [5.41, 5.74) is 0.841. The van der Waals surface area contributed by atoms with Gasteiger partial charge < -0.3 is 4.90 Å². The van der Waals surface area contributed by atoms with Gasteiger partial charge in [-0.05, 0) is 74.2 Å². The molecule has 1 N–H and O–H groups in total. The maximum absolute atomic E-state index is 12.9. The third-order valence-electron chi connectivity index (χ3n) is 4.74. The molecule has 0 saturated heterocycles. The molecule has 1 aliphatic rings. The van der Waals surface area contributed by atoms with Crippen LogP contribution in [0.25, 0.3) is 0 Å². The number of hydrogen-bond donors (Lipinski definition) is 1. The number of anilines is 1. The Labute approximate surface area is 152 Å². The molecule has 0 aromatic heterocycles. The van der Waals surface area contributed by atoms with Gasteiger partial charge >= 0.3 is 0 Å². The minimum Gasteiger partial charge on any atom is -0.339 e. The van der Waals surface area contributed by atoms with E-state index in [0.717, 1.165) is 25.0 Å². The SMILES string of the molecule is CC(C1CC1)N(C)C(=O)c1ccc(NS(=O)(=O)c2ccc(F)cc2)cc1. The van der Waals surface area contributed by atoms with Gasteiger partial charge in [-0.1, -0.05) is 0 Å². The molecule has 2 aromatic carbocycles. The first-order valence-corrected chi connectivity index (χ1v) is 9.92. The minimum atomic E-state index is -3.81. The zero-order chi connectivity index (χ0) is 18.9. The van der Waals surface area contributed by atoms with Gasteiger partial charge in [-0.15, -0.1) is 0 Å². The number of benzene rings is 2. The van der Waals surface area contributed by atoms with Gasteiger partial charge in [-0.3, -0.25) is 9.52 Å². The standard InChI is InChI=1S/C19H21FN2O3S/c1-13(14-3-4-14)22(2)19(23)15-5-9-17(10-6-15)21-26(24,25)18-11-7-16(20)8-12-18/h5-14,21H,3-4H2,1-2H3. The van der Waals surface area contributed by atoms with E-state index in [2.05, 4.69) is 4.72 Å². The van der Waals surface area contributed by atoms with Crippen molar-refractivity contribution in [2.24, 2.45) is 5.92 Å². The molecule has 1 amide bonds. The number of hydrogen-bond acceptors (Lipinski definition) is 3. The summed E-state index contributed by atoms with van der Waals surface area (Å²) in [6.07, 6.45) is 2.31. The average molecular weight is 376 g/mol. The van der Waals surface area contributed by atoms with Crippen LogP contribution in [0, 0.1) is 11.7 Å². The third-order valence-corrected chi connectivity index (χ3v) is 6.14. The molecule has 7 heteroatoms. The van der Waals surface area contributed by atoms with E-state index in [1.807, 2.05) is 6.92 Å². The zero-order valence-corrected chi connectivity index (χ0v) is 15.5. The van der Waals surface area contributed by atoms with Crippen LogP contribution in [-0.2, 0) is 10.0 Å². The van der Waals surface area contributed by atoms with Crippen LogP contribution in [0.2, 0.25) is 0 Å². The highest BCUT2D eigenvalue weighted by Gasteiger charge is 2.32. The molecule has 5 nitrogen and oxygen atoms in total. The smallest absolute Gasteiger partial charge is 0.261 e. The van der Waals surface area contributed by atoms with Crippen molar-refractivity contribution in [3.8, 4) is 0 Å². The summed E-state index contributed by atoms with van der Waals surface area (Å²) in [6, 6.07) is 11.1. The third kappa shape index (κ3) is 4.04. The second-order valence-electron chi connectivity index (χ2n) is 6.63. The van der Waals surface area contributed by atoms with E-state index in [9.17, 15) is 17.6 Å². The molecule has 1 aliphatic carbocycles. The van der Waals surface area contributed by atoms with Gasteiger partial charge in [-0.25, -0.2) is 12.8 Å². The number of nitrogens with zero attached hydrogens (tertiary/aromatic N) is 1. The molecule has 1 saturated carbocycles. The number of sulfonamides is 1. The van der Waals surface area contributed by atoms with Crippen LogP contribution in [0.15, 0.2) is 53.4 Å². The van der Waals surface area contributed by atoms with Crippen LogP contribution in [0.3, 0.4) is 0 Å². The topological polar surface area (TPSA) is 66.5 Å². The first kappa shape index (κ1) is 18.4. The molecule has 0 radical (unpaired) electrons. The average Bonchev–Trinajstić information content (AvgIpc) is 3.45. The Balaban J connectivity index is 1.71. The lowest BCUT2D eigenvalue weighted by atomic mass is 10.1. The van der Waals surface area contributed by atoms with Crippen molar-refractivity contribution in [2.75, 3.05) is 11.8 Å². The van der Waals surface area contributed by atoms with Crippen molar-refractivity contribution in [1.29, 1.82) is 0 Å². The molecule has 1 unspecified atom stereocenters. The largest absolute Gasteiger partial charge is 0.339 e. The Kier molecular flexibility index (Phi) is 5.00. The molecule has 0 aliphatic heterocycles. The zero-order valence-electron chi connectivity index (χ0n) is 14.6. The number of amides is 1. The van der Waals surface area contributed by atoms with Crippen molar-refractivity contribution in [2.45, 2.75) is 30.7 Å². The van der Waals surface area contributed by atoms with Gasteiger partial charge in [0.25, 0.3) is 15.9 Å². The minimum absolute atomic E-state index is 0.0305. The summed E-state index contributed by atoms with van der Waals surface area (Å²) in [5.74, 6) is -0.0144. The fraction of sp³-hybridized carbons (Fsp3) is 0.316. The van der Waals surface area contributed by atoms with Crippen molar-refractivity contribution in [3.05, 3.63) is 59.9 Å². The summed E-state index contributed by atoms with van der Waals surface area (Å²) in [6.45, 7) is 2.04. The Hall–Kier alpha value is -2.41. The number of halogens is 1. The molecular formula is C19H21FN2O3S. The monoisotopic (exact) mass is 376 g/mol. The van der Waals surface area contributed by atoms with Gasteiger partial charge in [0.2, 0.25) is 0 Å². The van der Waals surface area contributed by atoms with Gasteiger partial charge in [0.15, 0.2) is 0 Å². The van der Waals surface area contributed by atoms with E-state index < -0.39 is 15.8 Å². The molecule has 0 heterocycles. The highest BCUT2D eigenvalue weighted by Crippen LogP contribution is 2.35. The van der Waals surface area contributed by atoms with E-state index in [0.29, 0.717) is 17.2 Å². The highest BCUT2D eigenvalue weighted by atomic mass is 32.2. The second-order valence-corrected chi connectivity index (χ2v) is 8.31. The van der Waals surface area contributed by atoms with Crippen LogP contribution in [0.5, 0.6) is 0 Å². The predicted molar refractivity (Wildman–Crippen MR) is 97.9 cm³/mol. The lowest BCUT2D eigenvalue weighted by Gasteiger charge is -2.25. The van der Waals surface area contributed by atoms with E-state index in [4.69, 9.17) is 0 Å². The summed E-state index contributed by atoms with van der Waals surface area (Å²) in [7, 11) is -2.02. The van der Waals surface area contributed by atoms with Gasteiger partial charge in [0.1, 0.15) is 5.82 Å². The quantitative estimate of drug-likeness (QED) is 0.839. The van der Waals surface area contributed by atoms with Crippen LogP contribution >= 0.6 is 0 Å². The normalized spacial score (nSPS) is 15.3. The Bertz CT molecular complexity index is 891. The molecular weight excluding hydrogens is 355 g/mol. The highest BCUT2D eigenvalue weighted by molar-refractivity contribution is 7.92. The lowest BCUT2D eigenvalue weighted by molar-refractivity contribution is 0.0727. The van der Waals surface area contributed by atoms with Crippen LogP contribution in [-0.4, -0.2) is 32.3 Å². The van der Waals surface area contributed by atoms with Crippen molar-refractivity contribution in [1.82, 2.24) is 4.90 Å². The summed E-state index contributed by atoms with van der Waals surface area (Å²) in [4.78, 5) is 14.2. The Morgan fingerprint density at radius 3 is 2.23 bits per heavy atom. The summed E-state index contributed by atoms with van der Waals surface area (Å²) < 4.78 is 40.0. The maximum atomic E-state index is 12.9. The summed E-state index contributed by atoms with van der Waals surface area (Å²) >= 11 is 0. The van der Waals surface area contributed by atoms with E-state index in [1.54, 1.807) is 36.2 Å². The van der Waals surface area contributed by atoms with Crippen LogP contribution in [0.4, 0.5) is 10.1 Å². The van der Waals surface area contributed by atoms with E-state index >= 15 is 0 Å². The van der Waals surface area contributed by atoms with Gasteiger partial charge in [0.05, 0.1) is 4.90 Å². The van der Waals surface area contributed by atoms with Crippen molar-refractivity contribution in [3.63, 3.8) is 0 Å². The maximum Gasteiger partial charge on any atom is 0.261 e. The molecule has 1 atom stereocenters. The Morgan fingerprint density at radius 1 is 1.12 bits per heavy atom. The number of carbonyl (C=O) groups excluding carboxylic acids is 1. The molecule has 138 valence electrons. The number of rotatable bonds is 6. The fourth-order valence-corrected chi connectivity index (χ4v) is 3.85. The molecule has 0 spiro atoms. The van der Waals surface area contributed by atoms with Gasteiger partial charge in [-0.2, -0.15) is 0 Å². The number of nitrogens with one attached hydrogen (secondary N) is 1. The lowest BCUT2D eigenvalue weighted by Crippen LogP contribution is -2.36. The van der Waals surface area contributed by atoms with E-state index in [1.165, 1.54) is 12.1 Å². The first-order valence-electron chi connectivity index (χ1n) is 8.43. The predicted octanol–water partition coefficient (Wildman–Crippen LogP) is 3.50. The van der Waals surface area contributed by atoms with Crippen LogP contribution in [0.1, 0.15) is 30.1 Å². The fourth-order valence-electron chi connectivity index (χ4n) is 2.79. The molecule has 26 heavy (non-hydrogen) atoms. The second kappa shape index (κ2) is 7.07. The van der Waals surface area contributed by atoms with Crippen molar-refractivity contribution >= 4 is 21.6 Å². The molecule has 0 bridgehead atoms.